The minimum absolute atomic E-state index is 0.108. The van der Waals surface area contributed by atoms with Gasteiger partial charge in [0.25, 0.3) is 0 Å². The molecule has 0 bridgehead atoms. The summed E-state index contributed by atoms with van der Waals surface area (Å²) in [6, 6.07) is 2.68. The molecule has 19 heavy (non-hydrogen) atoms. The van der Waals surface area contributed by atoms with Crippen LogP contribution in [-0.2, 0) is 6.42 Å². The smallest absolute Gasteiger partial charge is 0.143 e. The molecule has 0 heterocycles. The first-order valence-electron chi connectivity index (χ1n) is 6.64. The molecule has 1 nitrogen and oxygen atoms in total. The molecule has 0 saturated heterocycles. The molecule has 1 aliphatic carbocycles. The molecule has 0 amide bonds. The van der Waals surface area contributed by atoms with Crippen molar-refractivity contribution in [3.63, 3.8) is 0 Å². The highest BCUT2D eigenvalue weighted by Crippen LogP contribution is 2.41. The van der Waals surface area contributed by atoms with Crippen molar-refractivity contribution in [2.45, 2.75) is 51.5 Å². The monoisotopic (exact) mass is 331 g/mol. The Morgan fingerprint density at radius 1 is 1.16 bits per heavy atom. The third-order valence-corrected chi connectivity index (χ3v) is 4.88. The van der Waals surface area contributed by atoms with Crippen LogP contribution in [0.2, 0.25) is 0 Å². The molecular weight excluding hydrogens is 312 g/mol. The van der Waals surface area contributed by atoms with E-state index in [4.69, 9.17) is 5.73 Å². The number of halogens is 3. The minimum Gasteiger partial charge on any atom is -0.325 e. The summed E-state index contributed by atoms with van der Waals surface area (Å²) in [5, 5.41) is 0. The summed E-state index contributed by atoms with van der Waals surface area (Å²) in [7, 11) is 0. The van der Waals surface area contributed by atoms with Crippen LogP contribution in [0, 0.1) is 17.0 Å². The Balaban J connectivity index is 2.20. The van der Waals surface area contributed by atoms with Crippen LogP contribution in [0.1, 0.15) is 45.1 Å². The lowest BCUT2D eigenvalue weighted by molar-refractivity contribution is 0.163. The number of hydrogen-bond acceptors (Lipinski definition) is 1. The zero-order chi connectivity index (χ0) is 14.3. The van der Waals surface area contributed by atoms with E-state index in [2.05, 4.69) is 29.8 Å². The van der Waals surface area contributed by atoms with Gasteiger partial charge in [-0.15, -0.1) is 0 Å². The summed E-state index contributed by atoms with van der Waals surface area (Å²) >= 11 is 3.10. The second-order valence-electron chi connectivity index (χ2n) is 6.53. The standard InChI is InChI=1S/C15H20BrF2N/c1-14(2)5-7-15(19,8-6-14)9-10-12(17)4-3-11(16)13(10)18/h3-4H,5-9,19H2,1-2H3. The Hall–Kier alpha value is -0.480. The minimum atomic E-state index is -0.519. The molecule has 1 aromatic carbocycles. The van der Waals surface area contributed by atoms with Crippen LogP contribution in [0.25, 0.3) is 0 Å². The van der Waals surface area contributed by atoms with Crippen LogP contribution >= 0.6 is 15.9 Å². The van der Waals surface area contributed by atoms with Crippen molar-refractivity contribution in [1.82, 2.24) is 0 Å². The largest absolute Gasteiger partial charge is 0.325 e. The molecule has 0 radical (unpaired) electrons. The van der Waals surface area contributed by atoms with Crippen molar-refractivity contribution in [3.05, 3.63) is 33.8 Å². The Kier molecular flexibility index (Phi) is 4.03. The average molecular weight is 332 g/mol. The molecule has 1 saturated carbocycles. The van der Waals surface area contributed by atoms with Gasteiger partial charge in [-0.3, -0.25) is 0 Å². The van der Waals surface area contributed by atoms with E-state index < -0.39 is 17.2 Å². The van der Waals surface area contributed by atoms with Gasteiger partial charge in [-0.2, -0.15) is 0 Å². The number of benzene rings is 1. The molecule has 2 rings (SSSR count). The van der Waals surface area contributed by atoms with Crippen LogP contribution in [0.5, 0.6) is 0 Å². The lowest BCUT2D eigenvalue weighted by atomic mass is 9.68. The highest BCUT2D eigenvalue weighted by molar-refractivity contribution is 9.10. The van der Waals surface area contributed by atoms with Crippen molar-refractivity contribution in [3.8, 4) is 0 Å². The van der Waals surface area contributed by atoms with E-state index in [1.165, 1.54) is 12.1 Å². The lowest BCUT2D eigenvalue weighted by Gasteiger charge is -2.41. The van der Waals surface area contributed by atoms with E-state index in [9.17, 15) is 8.78 Å². The number of rotatable bonds is 2. The van der Waals surface area contributed by atoms with Gasteiger partial charge in [0, 0.05) is 11.1 Å². The van der Waals surface area contributed by atoms with Crippen molar-refractivity contribution in [2.24, 2.45) is 11.1 Å². The van der Waals surface area contributed by atoms with Crippen molar-refractivity contribution in [2.75, 3.05) is 0 Å². The van der Waals surface area contributed by atoms with E-state index in [1.54, 1.807) is 0 Å². The number of nitrogens with two attached hydrogens (primary N) is 1. The lowest BCUT2D eigenvalue weighted by Crippen LogP contribution is -2.47. The van der Waals surface area contributed by atoms with Crippen LogP contribution in [0.4, 0.5) is 8.78 Å². The second-order valence-corrected chi connectivity index (χ2v) is 7.38. The summed E-state index contributed by atoms with van der Waals surface area (Å²) in [6.45, 7) is 4.43. The van der Waals surface area contributed by atoms with E-state index in [-0.39, 0.29) is 17.4 Å². The third-order valence-electron chi connectivity index (χ3n) is 4.27. The highest BCUT2D eigenvalue weighted by atomic mass is 79.9. The maximum atomic E-state index is 14.0. The van der Waals surface area contributed by atoms with Gasteiger partial charge < -0.3 is 5.73 Å². The molecule has 1 aromatic rings. The van der Waals surface area contributed by atoms with Gasteiger partial charge in [0.1, 0.15) is 11.6 Å². The molecular formula is C15H20BrF2N. The van der Waals surface area contributed by atoms with E-state index in [1.807, 2.05) is 0 Å². The van der Waals surface area contributed by atoms with Crippen LogP contribution in [0.15, 0.2) is 16.6 Å². The molecule has 4 heteroatoms. The molecule has 0 atom stereocenters. The van der Waals surface area contributed by atoms with Crippen LogP contribution < -0.4 is 5.73 Å². The first-order chi connectivity index (χ1) is 8.72. The van der Waals surface area contributed by atoms with E-state index in [0.717, 1.165) is 25.7 Å². The Bertz CT molecular complexity index is 475. The predicted octanol–water partition coefficient (Wildman–Crippen LogP) is 4.57. The second kappa shape index (κ2) is 5.13. The molecule has 1 fully saturated rings. The summed E-state index contributed by atoms with van der Waals surface area (Å²) in [5.41, 5.74) is 6.26. The maximum Gasteiger partial charge on any atom is 0.143 e. The van der Waals surface area contributed by atoms with Crippen molar-refractivity contribution < 1.29 is 8.78 Å². The van der Waals surface area contributed by atoms with Gasteiger partial charge in [0.2, 0.25) is 0 Å². The predicted molar refractivity (Wildman–Crippen MR) is 76.9 cm³/mol. The molecule has 106 valence electrons. The quantitative estimate of drug-likeness (QED) is 0.789. The van der Waals surface area contributed by atoms with Crippen LogP contribution in [0.3, 0.4) is 0 Å². The van der Waals surface area contributed by atoms with Crippen molar-refractivity contribution in [1.29, 1.82) is 0 Å². The average Bonchev–Trinajstić information content (AvgIpc) is 2.35. The maximum absolute atomic E-state index is 14.0. The fraction of sp³-hybridized carbons (Fsp3) is 0.600. The zero-order valence-electron chi connectivity index (χ0n) is 11.4. The topological polar surface area (TPSA) is 26.0 Å². The van der Waals surface area contributed by atoms with Gasteiger partial charge in [0.05, 0.1) is 4.47 Å². The fourth-order valence-electron chi connectivity index (χ4n) is 2.68. The SMILES string of the molecule is CC1(C)CCC(N)(Cc2c(F)ccc(Br)c2F)CC1. The normalized spacial score (nSPS) is 21.4. The molecule has 0 aliphatic heterocycles. The Morgan fingerprint density at radius 3 is 2.32 bits per heavy atom. The van der Waals surface area contributed by atoms with E-state index >= 15 is 0 Å². The fourth-order valence-corrected chi connectivity index (χ4v) is 3.06. The number of hydrogen-bond donors (Lipinski definition) is 1. The Morgan fingerprint density at radius 2 is 1.74 bits per heavy atom. The van der Waals surface area contributed by atoms with Crippen LogP contribution in [-0.4, -0.2) is 5.54 Å². The van der Waals surface area contributed by atoms with Gasteiger partial charge in [-0.25, -0.2) is 8.78 Å². The summed E-state index contributed by atoms with van der Waals surface area (Å²) in [5.74, 6) is -1.02. The van der Waals surface area contributed by atoms with Gasteiger partial charge in [-0.1, -0.05) is 13.8 Å². The molecule has 0 spiro atoms. The molecule has 1 aliphatic rings. The zero-order valence-corrected chi connectivity index (χ0v) is 13.0. The first-order valence-corrected chi connectivity index (χ1v) is 7.43. The summed E-state index contributed by atoms with van der Waals surface area (Å²) in [6.07, 6.45) is 3.89. The highest BCUT2D eigenvalue weighted by Gasteiger charge is 2.36. The van der Waals surface area contributed by atoms with Gasteiger partial charge in [0.15, 0.2) is 0 Å². The molecule has 0 unspecified atom stereocenters. The van der Waals surface area contributed by atoms with Crippen molar-refractivity contribution >= 4 is 15.9 Å². The van der Waals surface area contributed by atoms with E-state index in [0.29, 0.717) is 4.47 Å². The summed E-state index contributed by atoms with van der Waals surface area (Å²) < 4.78 is 28.1. The third kappa shape index (κ3) is 3.34. The summed E-state index contributed by atoms with van der Waals surface area (Å²) in [4.78, 5) is 0. The molecule has 2 N–H and O–H groups in total. The van der Waals surface area contributed by atoms with Gasteiger partial charge in [-0.05, 0) is 65.6 Å². The first kappa shape index (κ1) is 14.9. The van der Waals surface area contributed by atoms with Gasteiger partial charge >= 0.3 is 0 Å². The molecule has 0 aromatic heterocycles. The Labute approximate surface area is 121 Å².